The molecule has 1 aliphatic rings. The lowest BCUT2D eigenvalue weighted by molar-refractivity contribution is -0.141. The van der Waals surface area contributed by atoms with Gasteiger partial charge in [-0.3, -0.25) is 14.4 Å². The Kier molecular flexibility index (Phi) is 7.83. The quantitative estimate of drug-likeness (QED) is 0.288. The summed E-state index contributed by atoms with van der Waals surface area (Å²) < 4.78 is 4.92. The molecule has 0 atom stereocenters. The molecule has 4 heteroatoms. The first-order chi connectivity index (χ1) is 11.3. The molecule has 0 radical (unpaired) electrons. The van der Waals surface area contributed by atoms with Gasteiger partial charge in [0.1, 0.15) is 0 Å². The number of hydrogen-bond donors (Lipinski definition) is 0. The number of carbonyl (C=O) groups excluding carboxylic acids is 3. The molecule has 0 aromatic carbocycles. The predicted octanol–water partition coefficient (Wildman–Crippen LogP) is 4.25. The normalized spacial score (nSPS) is 16.1. The third-order valence-corrected chi connectivity index (χ3v) is 4.56. The summed E-state index contributed by atoms with van der Waals surface area (Å²) in [5.41, 5.74) is 3.58. The molecule has 24 heavy (non-hydrogen) atoms. The maximum Gasteiger partial charge on any atom is 0.302 e. The molecule has 0 bridgehead atoms. The average molecular weight is 332 g/mol. The molecule has 0 heterocycles. The third-order valence-electron chi connectivity index (χ3n) is 4.56. The Morgan fingerprint density at radius 3 is 2.21 bits per heavy atom. The van der Waals surface area contributed by atoms with E-state index >= 15 is 0 Å². The van der Waals surface area contributed by atoms with Crippen molar-refractivity contribution in [2.45, 2.75) is 66.7 Å². The molecule has 0 spiro atoms. The van der Waals surface area contributed by atoms with Crippen molar-refractivity contribution in [1.82, 2.24) is 0 Å². The Hall–Kier alpha value is -1.97. The molecular weight excluding hydrogens is 304 g/mol. The molecule has 1 rings (SSSR count). The molecule has 4 nitrogen and oxygen atoms in total. The second kappa shape index (κ2) is 9.36. The van der Waals surface area contributed by atoms with Crippen LogP contribution in [0, 0.1) is 0 Å². The lowest BCUT2D eigenvalue weighted by Gasteiger charge is -2.18. The minimum Gasteiger partial charge on any atom is -0.466 e. The predicted molar refractivity (Wildman–Crippen MR) is 94.6 cm³/mol. The van der Waals surface area contributed by atoms with Crippen LogP contribution >= 0.6 is 0 Å². The number of ether oxygens (including phenoxy) is 1. The highest BCUT2D eigenvalue weighted by Gasteiger charge is 2.26. The van der Waals surface area contributed by atoms with Gasteiger partial charge in [0.25, 0.3) is 0 Å². The number of unbranched alkanes of at least 4 members (excludes halogenated alkanes) is 1. The maximum atomic E-state index is 12.4. The third kappa shape index (κ3) is 5.29. The smallest absolute Gasteiger partial charge is 0.302 e. The second-order valence-corrected chi connectivity index (χ2v) is 6.23. The molecule has 0 saturated heterocycles. The highest BCUT2D eigenvalue weighted by Crippen LogP contribution is 2.27. The van der Waals surface area contributed by atoms with E-state index in [-0.39, 0.29) is 17.5 Å². The van der Waals surface area contributed by atoms with Crippen LogP contribution in [-0.2, 0) is 19.1 Å². The molecule has 132 valence electrons. The van der Waals surface area contributed by atoms with E-state index in [1.54, 1.807) is 20.8 Å². The topological polar surface area (TPSA) is 60.4 Å². The Morgan fingerprint density at radius 1 is 1.00 bits per heavy atom. The van der Waals surface area contributed by atoms with E-state index in [4.69, 9.17) is 4.74 Å². The van der Waals surface area contributed by atoms with E-state index in [1.807, 2.05) is 0 Å². The van der Waals surface area contributed by atoms with Crippen molar-refractivity contribution in [2.24, 2.45) is 0 Å². The highest BCUT2D eigenvalue weighted by molar-refractivity contribution is 6.24. The van der Waals surface area contributed by atoms with Gasteiger partial charge in [-0.15, -0.1) is 0 Å². The summed E-state index contributed by atoms with van der Waals surface area (Å²) in [6.07, 6.45) is 6.18. The summed E-state index contributed by atoms with van der Waals surface area (Å²) in [5.74, 6) is -0.274. The average Bonchev–Trinajstić information content (AvgIpc) is 2.55. The summed E-state index contributed by atoms with van der Waals surface area (Å²) in [7, 11) is 0. The van der Waals surface area contributed by atoms with Crippen molar-refractivity contribution in [3.63, 3.8) is 0 Å². The van der Waals surface area contributed by atoms with Crippen molar-refractivity contribution in [3.8, 4) is 0 Å². The summed E-state index contributed by atoms with van der Waals surface area (Å²) in [6, 6.07) is 0. The van der Waals surface area contributed by atoms with Crippen molar-refractivity contribution >= 4 is 17.5 Å². The fourth-order valence-corrected chi connectivity index (χ4v) is 2.74. The number of allylic oxidation sites excluding steroid dienone is 6. The van der Waals surface area contributed by atoms with Crippen molar-refractivity contribution < 1.29 is 19.1 Å². The molecule has 0 aromatic heterocycles. The molecule has 0 saturated carbocycles. The van der Waals surface area contributed by atoms with Crippen molar-refractivity contribution in [2.75, 3.05) is 6.61 Å². The summed E-state index contributed by atoms with van der Waals surface area (Å²) in [4.78, 5) is 35.3. The Labute approximate surface area is 144 Å². The first-order valence-electron chi connectivity index (χ1n) is 8.57. The Balaban J connectivity index is 2.66. The second-order valence-electron chi connectivity index (χ2n) is 6.23. The van der Waals surface area contributed by atoms with E-state index in [0.29, 0.717) is 35.3 Å². The molecule has 0 unspecified atom stereocenters. The van der Waals surface area contributed by atoms with E-state index in [0.717, 1.165) is 25.7 Å². The van der Waals surface area contributed by atoms with Gasteiger partial charge in [-0.2, -0.15) is 0 Å². The molecule has 0 amide bonds. The minimum atomic E-state index is -0.247. The van der Waals surface area contributed by atoms with Gasteiger partial charge in [-0.1, -0.05) is 18.6 Å². The minimum absolute atomic E-state index is 0.00818. The van der Waals surface area contributed by atoms with Gasteiger partial charge >= 0.3 is 5.97 Å². The largest absolute Gasteiger partial charge is 0.466 e. The molecule has 0 N–H and O–H groups in total. The number of rotatable bonds is 8. The number of Topliss-reactive ketones (excluding diaryl/α,β-unsaturated/α-hetero) is 2. The number of esters is 1. The first kappa shape index (κ1) is 20.1. The van der Waals surface area contributed by atoms with Gasteiger partial charge < -0.3 is 4.74 Å². The molecule has 0 aromatic rings. The Bertz CT molecular complexity index is 618. The van der Waals surface area contributed by atoms with Gasteiger partial charge in [-0.05, 0) is 52.9 Å². The van der Waals surface area contributed by atoms with E-state index < -0.39 is 0 Å². The summed E-state index contributed by atoms with van der Waals surface area (Å²) in [5, 5.41) is 0. The van der Waals surface area contributed by atoms with Crippen molar-refractivity contribution in [3.05, 3.63) is 33.9 Å². The zero-order valence-electron chi connectivity index (χ0n) is 15.5. The van der Waals surface area contributed by atoms with Crippen LogP contribution in [0.5, 0.6) is 0 Å². The van der Waals surface area contributed by atoms with Crippen LogP contribution in [0.15, 0.2) is 33.9 Å². The van der Waals surface area contributed by atoms with E-state index in [2.05, 4.69) is 13.0 Å². The maximum absolute atomic E-state index is 12.4. The van der Waals surface area contributed by atoms with Gasteiger partial charge in [0, 0.05) is 29.2 Å². The standard InChI is InChI=1S/C20H28O4/c1-6-17(9-7-8-12-24-16(5)21)10-11-18-15(4)19(22)13(2)14(3)20(18)23/h10H,6-9,11-12H2,1-5H3/b17-10+. The van der Waals surface area contributed by atoms with Gasteiger partial charge in [0.15, 0.2) is 11.6 Å². The fraction of sp³-hybridized carbons (Fsp3) is 0.550. The Morgan fingerprint density at radius 2 is 1.62 bits per heavy atom. The SMILES string of the molecule is CC/C(=C\CC1=C(C)C(=O)C(C)=C(C)C1=O)CCCCOC(C)=O. The molecular formula is C20H28O4. The molecule has 1 aliphatic carbocycles. The van der Waals surface area contributed by atoms with Crippen LogP contribution in [0.25, 0.3) is 0 Å². The van der Waals surface area contributed by atoms with E-state index in [1.165, 1.54) is 12.5 Å². The summed E-state index contributed by atoms with van der Waals surface area (Å²) >= 11 is 0. The van der Waals surface area contributed by atoms with Gasteiger partial charge in [0.05, 0.1) is 6.61 Å². The molecule has 0 aliphatic heterocycles. The van der Waals surface area contributed by atoms with Gasteiger partial charge in [-0.25, -0.2) is 0 Å². The zero-order chi connectivity index (χ0) is 18.3. The van der Waals surface area contributed by atoms with Crippen LogP contribution in [0.4, 0.5) is 0 Å². The van der Waals surface area contributed by atoms with Crippen LogP contribution < -0.4 is 0 Å². The number of hydrogen-bond acceptors (Lipinski definition) is 4. The van der Waals surface area contributed by atoms with Crippen molar-refractivity contribution in [1.29, 1.82) is 0 Å². The first-order valence-corrected chi connectivity index (χ1v) is 8.57. The van der Waals surface area contributed by atoms with Crippen LogP contribution in [0.3, 0.4) is 0 Å². The monoisotopic (exact) mass is 332 g/mol. The van der Waals surface area contributed by atoms with Crippen LogP contribution in [0.1, 0.15) is 66.7 Å². The zero-order valence-corrected chi connectivity index (χ0v) is 15.5. The van der Waals surface area contributed by atoms with Gasteiger partial charge in [0.2, 0.25) is 0 Å². The summed E-state index contributed by atoms with van der Waals surface area (Å²) in [6.45, 7) is 9.13. The van der Waals surface area contributed by atoms with Crippen LogP contribution in [0.2, 0.25) is 0 Å². The fourth-order valence-electron chi connectivity index (χ4n) is 2.74. The van der Waals surface area contributed by atoms with Crippen LogP contribution in [-0.4, -0.2) is 24.1 Å². The van der Waals surface area contributed by atoms with E-state index in [9.17, 15) is 14.4 Å². The number of carbonyl (C=O) groups is 3. The number of ketones is 2. The lowest BCUT2D eigenvalue weighted by Crippen LogP contribution is -2.20. The lowest BCUT2D eigenvalue weighted by atomic mass is 9.84. The molecule has 0 fully saturated rings. The highest BCUT2D eigenvalue weighted by atomic mass is 16.5.